The number of carbonyl (C=O) groups excluding carboxylic acids is 2. The lowest BCUT2D eigenvalue weighted by molar-refractivity contribution is -0.126. The van der Waals surface area contributed by atoms with Gasteiger partial charge in [0.25, 0.3) is 0 Å². The lowest BCUT2D eigenvalue weighted by atomic mass is 10.1. The number of nitrogens with zero attached hydrogens (tertiary/aromatic N) is 3. The molecule has 1 fully saturated rings. The first-order chi connectivity index (χ1) is 12.5. The lowest BCUT2D eigenvalue weighted by Crippen LogP contribution is -2.32. The molecule has 0 saturated carbocycles. The number of thioether (sulfide) groups is 1. The maximum Gasteiger partial charge on any atom is 0.229 e. The van der Waals surface area contributed by atoms with Gasteiger partial charge in [0.05, 0.1) is 5.92 Å². The molecule has 2 heterocycles. The number of amides is 2. The summed E-state index contributed by atoms with van der Waals surface area (Å²) in [5, 5.41) is 12.7. The Morgan fingerprint density at radius 3 is 2.92 bits per heavy atom. The van der Waals surface area contributed by atoms with Crippen LogP contribution in [0, 0.1) is 5.92 Å². The number of rotatable bonds is 6. The molecule has 0 aliphatic carbocycles. The third-order valence-electron chi connectivity index (χ3n) is 4.25. The SMILES string of the molecule is CSc1cccc(CNC(=O)C2CC(=O)N(c3nnc(C(C)C)s3)C2)c1. The Kier molecular flexibility index (Phi) is 5.93. The van der Waals surface area contributed by atoms with Crippen LogP contribution in [0.4, 0.5) is 5.13 Å². The van der Waals surface area contributed by atoms with Crippen LogP contribution < -0.4 is 10.2 Å². The predicted molar refractivity (Wildman–Crippen MR) is 105 cm³/mol. The van der Waals surface area contributed by atoms with E-state index in [0.29, 0.717) is 18.2 Å². The van der Waals surface area contributed by atoms with Crippen molar-refractivity contribution in [3.05, 3.63) is 34.8 Å². The van der Waals surface area contributed by atoms with Gasteiger partial charge in [-0.2, -0.15) is 0 Å². The summed E-state index contributed by atoms with van der Waals surface area (Å²) in [7, 11) is 0. The van der Waals surface area contributed by atoms with Crippen molar-refractivity contribution in [2.45, 2.75) is 37.6 Å². The highest BCUT2D eigenvalue weighted by molar-refractivity contribution is 7.98. The third kappa shape index (κ3) is 4.24. The molecule has 0 bridgehead atoms. The highest BCUT2D eigenvalue weighted by Gasteiger charge is 2.36. The van der Waals surface area contributed by atoms with Gasteiger partial charge in [0.15, 0.2) is 0 Å². The molecule has 1 aliphatic rings. The maximum atomic E-state index is 12.5. The van der Waals surface area contributed by atoms with Crippen molar-refractivity contribution >= 4 is 40.0 Å². The van der Waals surface area contributed by atoms with Gasteiger partial charge in [-0.15, -0.1) is 22.0 Å². The summed E-state index contributed by atoms with van der Waals surface area (Å²) in [6.07, 6.45) is 2.24. The number of anilines is 1. The van der Waals surface area contributed by atoms with E-state index in [1.165, 1.54) is 11.3 Å². The Balaban J connectivity index is 1.59. The number of aromatic nitrogens is 2. The fraction of sp³-hybridized carbons (Fsp3) is 0.444. The van der Waals surface area contributed by atoms with Crippen molar-refractivity contribution < 1.29 is 9.59 Å². The van der Waals surface area contributed by atoms with Crippen LogP contribution in [0.5, 0.6) is 0 Å². The first kappa shape index (κ1) is 18.8. The van der Waals surface area contributed by atoms with Crippen molar-refractivity contribution in [1.82, 2.24) is 15.5 Å². The summed E-state index contributed by atoms with van der Waals surface area (Å²) in [5.74, 6) is -0.238. The zero-order valence-corrected chi connectivity index (χ0v) is 16.7. The molecule has 1 aliphatic heterocycles. The molecule has 0 spiro atoms. The van der Waals surface area contributed by atoms with Crippen LogP contribution in [-0.2, 0) is 16.1 Å². The van der Waals surface area contributed by atoms with Gasteiger partial charge in [-0.05, 0) is 24.0 Å². The minimum Gasteiger partial charge on any atom is -0.352 e. The number of hydrogen-bond acceptors (Lipinski definition) is 6. The molecule has 6 nitrogen and oxygen atoms in total. The van der Waals surface area contributed by atoms with Crippen LogP contribution in [0.3, 0.4) is 0 Å². The van der Waals surface area contributed by atoms with Gasteiger partial charge >= 0.3 is 0 Å². The topological polar surface area (TPSA) is 75.2 Å². The van der Waals surface area contributed by atoms with Gasteiger partial charge in [-0.3, -0.25) is 14.5 Å². The van der Waals surface area contributed by atoms with E-state index in [-0.39, 0.29) is 30.1 Å². The van der Waals surface area contributed by atoms with Crippen LogP contribution in [-0.4, -0.2) is 34.8 Å². The summed E-state index contributed by atoms with van der Waals surface area (Å²) in [6, 6.07) is 8.07. The van der Waals surface area contributed by atoms with Crippen molar-refractivity contribution in [2.75, 3.05) is 17.7 Å². The second-order valence-electron chi connectivity index (χ2n) is 6.55. The van der Waals surface area contributed by atoms with Gasteiger partial charge in [-0.25, -0.2) is 0 Å². The van der Waals surface area contributed by atoms with Crippen LogP contribution in [0.15, 0.2) is 29.2 Å². The molecule has 1 aromatic carbocycles. The summed E-state index contributed by atoms with van der Waals surface area (Å²) in [6.45, 7) is 4.91. The molecule has 1 unspecified atom stereocenters. The fourth-order valence-corrected chi connectivity index (χ4v) is 4.11. The molecule has 138 valence electrons. The Bertz CT molecular complexity index is 806. The number of benzene rings is 1. The highest BCUT2D eigenvalue weighted by Crippen LogP contribution is 2.30. The van der Waals surface area contributed by atoms with Crippen molar-refractivity contribution in [2.24, 2.45) is 5.92 Å². The molecule has 1 aromatic heterocycles. The standard InChI is InChI=1S/C18H22N4O2S2/c1-11(2)17-20-21-18(26-17)22-10-13(8-15(22)23)16(24)19-9-12-5-4-6-14(7-12)25-3/h4-7,11,13H,8-10H2,1-3H3,(H,19,24). The van der Waals surface area contributed by atoms with Crippen LogP contribution in [0.2, 0.25) is 0 Å². The van der Waals surface area contributed by atoms with Gasteiger partial charge in [0, 0.05) is 30.3 Å². The van der Waals surface area contributed by atoms with Crippen LogP contribution in [0.1, 0.15) is 36.8 Å². The molecule has 3 rings (SSSR count). The van der Waals surface area contributed by atoms with Crippen LogP contribution in [0.25, 0.3) is 0 Å². The van der Waals surface area contributed by atoms with Crippen LogP contribution >= 0.6 is 23.1 Å². The molecule has 1 atom stereocenters. The molecule has 2 aromatic rings. The first-order valence-corrected chi connectivity index (χ1v) is 10.6. The third-order valence-corrected chi connectivity index (χ3v) is 6.22. The molecular weight excluding hydrogens is 368 g/mol. The maximum absolute atomic E-state index is 12.5. The Hall–Kier alpha value is -1.93. The van der Waals surface area contributed by atoms with E-state index in [2.05, 4.69) is 21.6 Å². The van der Waals surface area contributed by atoms with E-state index >= 15 is 0 Å². The van der Waals surface area contributed by atoms with E-state index in [4.69, 9.17) is 0 Å². The predicted octanol–water partition coefficient (Wildman–Crippen LogP) is 3.05. The average molecular weight is 391 g/mol. The van der Waals surface area contributed by atoms with Gasteiger partial charge in [0.1, 0.15) is 5.01 Å². The first-order valence-electron chi connectivity index (χ1n) is 8.52. The van der Waals surface area contributed by atoms with Gasteiger partial charge in [-0.1, -0.05) is 37.3 Å². The second kappa shape index (κ2) is 8.18. The second-order valence-corrected chi connectivity index (χ2v) is 8.42. The molecule has 1 saturated heterocycles. The minimum absolute atomic E-state index is 0.0685. The Morgan fingerprint density at radius 1 is 1.42 bits per heavy atom. The summed E-state index contributed by atoms with van der Waals surface area (Å²) < 4.78 is 0. The lowest BCUT2D eigenvalue weighted by Gasteiger charge is -2.13. The summed E-state index contributed by atoms with van der Waals surface area (Å²) in [5.41, 5.74) is 1.05. The molecule has 1 N–H and O–H groups in total. The Morgan fingerprint density at radius 2 is 2.23 bits per heavy atom. The Labute approximate surface area is 161 Å². The number of carbonyl (C=O) groups is 2. The monoisotopic (exact) mass is 390 g/mol. The highest BCUT2D eigenvalue weighted by atomic mass is 32.2. The normalized spacial score (nSPS) is 17.2. The summed E-state index contributed by atoms with van der Waals surface area (Å²) in [4.78, 5) is 27.5. The molecule has 2 amide bonds. The van der Waals surface area contributed by atoms with Crippen molar-refractivity contribution in [3.8, 4) is 0 Å². The van der Waals surface area contributed by atoms with E-state index < -0.39 is 0 Å². The molecule has 26 heavy (non-hydrogen) atoms. The van der Waals surface area contributed by atoms with Gasteiger partial charge in [0.2, 0.25) is 16.9 Å². The zero-order chi connectivity index (χ0) is 18.7. The quantitative estimate of drug-likeness (QED) is 0.767. The van der Waals surface area contributed by atoms with Crippen molar-refractivity contribution in [3.63, 3.8) is 0 Å². The largest absolute Gasteiger partial charge is 0.352 e. The fourth-order valence-electron chi connectivity index (χ4n) is 2.75. The average Bonchev–Trinajstić information content (AvgIpc) is 3.26. The van der Waals surface area contributed by atoms with E-state index in [9.17, 15) is 9.59 Å². The number of nitrogens with one attached hydrogen (secondary N) is 1. The van der Waals surface area contributed by atoms with E-state index in [1.807, 2.05) is 38.3 Å². The van der Waals surface area contributed by atoms with Gasteiger partial charge < -0.3 is 5.32 Å². The minimum atomic E-state index is -0.349. The molecule has 8 heteroatoms. The molecule has 0 radical (unpaired) electrons. The van der Waals surface area contributed by atoms with Crippen molar-refractivity contribution in [1.29, 1.82) is 0 Å². The van der Waals surface area contributed by atoms with E-state index in [0.717, 1.165) is 15.5 Å². The van der Waals surface area contributed by atoms with E-state index in [1.54, 1.807) is 16.7 Å². The number of hydrogen-bond donors (Lipinski definition) is 1. The smallest absolute Gasteiger partial charge is 0.229 e. The zero-order valence-electron chi connectivity index (χ0n) is 15.1. The molecular formula is C18H22N4O2S2. The summed E-state index contributed by atoms with van der Waals surface area (Å²) >= 11 is 3.09.